The summed E-state index contributed by atoms with van der Waals surface area (Å²) in [4.78, 5) is 0. The zero-order valence-electron chi connectivity index (χ0n) is 9.16. The molecule has 0 aliphatic carbocycles. The maximum Gasteiger partial charge on any atom is 0.142 e. The molecule has 1 saturated heterocycles. The lowest BCUT2D eigenvalue weighted by molar-refractivity contribution is -0.106. The van der Waals surface area contributed by atoms with Crippen molar-refractivity contribution in [3.63, 3.8) is 0 Å². The first-order valence-electron chi connectivity index (χ1n) is 5.29. The Morgan fingerprint density at radius 3 is 2.60 bits per heavy atom. The molecule has 1 aliphatic rings. The normalized spacial score (nSPS) is 31.5. The zero-order valence-corrected chi connectivity index (χ0v) is 9.16. The van der Waals surface area contributed by atoms with E-state index in [9.17, 15) is 5.11 Å². The molecule has 0 bridgehead atoms. The number of nitrogens with one attached hydrogen (secondary N) is 1. The van der Waals surface area contributed by atoms with Gasteiger partial charge in [-0.3, -0.25) is 5.32 Å². The Hall–Kier alpha value is -1.06. The molecule has 15 heavy (non-hydrogen) atoms. The monoisotopic (exact) mass is 207 g/mol. The first kappa shape index (κ1) is 10.5. The first-order valence-corrected chi connectivity index (χ1v) is 5.29. The summed E-state index contributed by atoms with van der Waals surface area (Å²) in [6.07, 6.45) is 0. The number of phenols is 1. The largest absolute Gasteiger partial charge is 0.508 e. The second-order valence-corrected chi connectivity index (χ2v) is 4.38. The van der Waals surface area contributed by atoms with Crippen molar-refractivity contribution in [2.24, 2.45) is 5.92 Å². The van der Waals surface area contributed by atoms with Crippen molar-refractivity contribution in [2.75, 3.05) is 13.2 Å². The summed E-state index contributed by atoms with van der Waals surface area (Å²) in [5.41, 5.74) is 0.632. The van der Waals surface area contributed by atoms with Gasteiger partial charge in [-0.1, -0.05) is 19.1 Å². The molecule has 0 radical (unpaired) electrons. The van der Waals surface area contributed by atoms with Gasteiger partial charge in [0.25, 0.3) is 0 Å². The fourth-order valence-electron chi connectivity index (χ4n) is 1.75. The third-order valence-corrected chi connectivity index (χ3v) is 2.86. The fraction of sp³-hybridized carbons (Fsp3) is 0.500. The third kappa shape index (κ3) is 2.13. The van der Waals surface area contributed by atoms with Crippen LogP contribution < -0.4 is 5.32 Å². The molecule has 1 heterocycles. The SMILES string of the molecule is CC1CNC(C)(c2ccc(O)cc2)OC1. The van der Waals surface area contributed by atoms with Crippen LogP contribution in [0.2, 0.25) is 0 Å². The summed E-state index contributed by atoms with van der Waals surface area (Å²) in [6, 6.07) is 7.14. The van der Waals surface area contributed by atoms with Crippen LogP contribution in [0, 0.1) is 5.92 Å². The minimum absolute atomic E-state index is 0.284. The highest BCUT2D eigenvalue weighted by Crippen LogP contribution is 2.27. The van der Waals surface area contributed by atoms with E-state index in [4.69, 9.17) is 4.74 Å². The highest BCUT2D eigenvalue weighted by Gasteiger charge is 2.31. The van der Waals surface area contributed by atoms with Crippen LogP contribution in [0.15, 0.2) is 24.3 Å². The van der Waals surface area contributed by atoms with Crippen molar-refractivity contribution in [1.29, 1.82) is 0 Å². The van der Waals surface area contributed by atoms with Crippen LogP contribution in [-0.4, -0.2) is 18.3 Å². The predicted octanol–water partition coefficient (Wildman–Crippen LogP) is 1.82. The van der Waals surface area contributed by atoms with Gasteiger partial charge in [0, 0.05) is 6.54 Å². The Kier molecular flexibility index (Phi) is 2.67. The summed E-state index contributed by atoms with van der Waals surface area (Å²) in [6.45, 7) is 5.90. The Balaban J connectivity index is 2.18. The lowest BCUT2D eigenvalue weighted by Crippen LogP contribution is -2.49. The Morgan fingerprint density at radius 1 is 1.40 bits per heavy atom. The standard InChI is InChI=1S/C12H17NO2/c1-9-7-13-12(2,15-8-9)10-3-5-11(14)6-4-10/h3-6,9,13-14H,7-8H2,1-2H3. The van der Waals surface area contributed by atoms with E-state index >= 15 is 0 Å². The van der Waals surface area contributed by atoms with E-state index in [0.717, 1.165) is 18.7 Å². The molecule has 1 aromatic carbocycles. The van der Waals surface area contributed by atoms with Crippen molar-refractivity contribution >= 4 is 0 Å². The van der Waals surface area contributed by atoms with Gasteiger partial charge in [0.15, 0.2) is 0 Å². The van der Waals surface area contributed by atoms with Crippen LogP contribution in [0.3, 0.4) is 0 Å². The highest BCUT2D eigenvalue weighted by atomic mass is 16.5. The molecule has 0 saturated carbocycles. The smallest absolute Gasteiger partial charge is 0.142 e. The molecule has 0 spiro atoms. The number of benzene rings is 1. The molecule has 1 aliphatic heterocycles. The van der Waals surface area contributed by atoms with Crippen LogP contribution in [0.1, 0.15) is 19.4 Å². The molecular formula is C12H17NO2. The molecule has 1 fully saturated rings. The number of ether oxygens (including phenoxy) is 1. The Bertz CT molecular complexity index is 326. The van der Waals surface area contributed by atoms with Crippen molar-refractivity contribution in [1.82, 2.24) is 5.32 Å². The van der Waals surface area contributed by atoms with E-state index in [1.54, 1.807) is 12.1 Å². The Labute approximate surface area is 90.1 Å². The van der Waals surface area contributed by atoms with E-state index in [0.29, 0.717) is 5.92 Å². The van der Waals surface area contributed by atoms with Crippen LogP contribution in [0.25, 0.3) is 0 Å². The summed E-state index contributed by atoms with van der Waals surface area (Å²) >= 11 is 0. The molecule has 3 nitrogen and oxygen atoms in total. The number of phenolic OH excluding ortho intramolecular Hbond substituents is 1. The van der Waals surface area contributed by atoms with Gasteiger partial charge in [0.1, 0.15) is 11.5 Å². The molecule has 3 heteroatoms. The van der Waals surface area contributed by atoms with Gasteiger partial charge in [-0.2, -0.15) is 0 Å². The van der Waals surface area contributed by atoms with E-state index in [1.165, 1.54) is 0 Å². The minimum Gasteiger partial charge on any atom is -0.508 e. The average Bonchev–Trinajstić information content (AvgIpc) is 2.24. The molecule has 1 aromatic rings. The third-order valence-electron chi connectivity index (χ3n) is 2.86. The maximum atomic E-state index is 9.22. The van der Waals surface area contributed by atoms with Crippen molar-refractivity contribution in [3.05, 3.63) is 29.8 Å². The molecule has 82 valence electrons. The van der Waals surface area contributed by atoms with Gasteiger partial charge in [0.05, 0.1) is 6.61 Å². The zero-order chi connectivity index (χ0) is 10.9. The lowest BCUT2D eigenvalue weighted by atomic mass is 10.0. The average molecular weight is 207 g/mol. The van der Waals surface area contributed by atoms with Gasteiger partial charge in [0.2, 0.25) is 0 Å². The summed E-state index contributed by atoms with van der Waals surface area (Å²) in [5, 5.41) is 12.6. The van der Waals surface area contributed by atoms with E-state index in [-0.39, 0.29) is 5.75 Å². The summed E-state index contributed by atoms with van der Waals surface area (Å²) < 4.78 is 5.81. The lowest BCUT2D eigenvalue weighted by Gasteiger charge is -2.38. The van der Waals surface area contributed by atoms with Crippen LogP contribution in [-0.2, 0) is 10.5 Å². The molecule has 2 N–H and O–H groups in total. The summed E-state index contributed by atoms with van der Waals surface area (Å²) in [7, 11) is 0. The number of hydrogen-bond donors (Lipinski definition) is 2. The van der Waals surface area contributed by atoms with Gasteiger partial charge in [-0.15, -0.1) is 0 Å². The number of aromatic hydroxyl groups is 1. The van der Waals surface area contributed by atoms with Crippen LogP contribution in [0.5, 0.6) is 5.75 Å². The van der Waals surface area contributed by atoms with E-state index in [2.05, 4.69) is 12.2 Å². The molecular weight excluding hydrogens is 190 g/mol. The van der Waals surface area contributed by atoms with E-state index < -0.39 is 5.72 Å². The minimum atomic E-state index is -0.416. The van der Waals surface area contributed by atoms with Gasteiger partial charge < -0.3 is 9.84 Å². The molecule has 0 amide bonds. The topological polar surface area (TPSA) is 41.5 Å². The quantitative estimate of drug-likeness (QED) is 0.738. The maximum absolute atomic E-state index is 9.22. The fourth-order valence-corrected chi connectivity index (χ4v) is 1.75. The first-order chi connectivity index (χ1) is 7.10. The number of rotatable bonds is 1. The molecule has 2 rings (SSSR count). The van der Waals surface area contributed by atoms with Crippen molar-refractivity contribution in [2.45, 2.75) is 19.6 Å². The molecule has 0 aromatic heterocycles. The van der Waals surface area contributed by atoms with Gasteiger partial charge in [-0.05, 0) is 30.5 Å². The van der Waals surface area contributed by atoms with E-state index in [1.807, 2.05) is 19.1 Å². The highest BCUT2D eigenvalue weighted by molar-refractivity contribution is 5.29. The Morgan fingerprint density at radius 2 is 2.07 bits per heavy atom. The van der Waals surface area contributed by atoms with Crippen molar-refractivity contribution < 1.29 is 9.84 Å². The summed E-state index contributed by atoms with van der Waals surface area (Å²) in [5.74, 6) is 0.835. The second-order valence-electron chi connectivity index (χ2n) is 4.38. The van der Waals surface area contributed by atoms with Crippen LogP contribution >= 0.6 is 0 Å². The predicted molar refractivity (Wildman–Crippen MR) is 58.6 cm³/mol. The molecule has 2 atom stereocenters. The van der Waals surface area contributed by atoms with Crippen LogP contribution in [0.4, 0.5) is 0 Å². The van der Waals surface area contributed by atoms with Crippen molar-refractivity contribution in [3.8, 4) is 5.75 Å². The number of hydrogen-bond acceptors (Lipinski definition) is 3. The molecule has 2 unspecified atom stereocenters. The second kappa shape index (κ2) is 3.83. The van der Waals surface area contributed by atoms with Gasteiger partial charge >= 0.3 is 0 Å². The van der Waals surface area contributed by atoms with Gasteiger partial charge in [-0.25, -0.2) is 0 Å².